The minimum Gasteiger partial charge on any atom is -0.444 e. The third-order valence-electron chi connectivity index (χ3n) is 9.14. The van der Waals surface area contributed by atoms with Gasteiger partial charge in [-0.05, 0) is 67.3 Å². The summed E-state index contributed by atoms with van der Waals surface area (Å²) in [5.41, 5.74) is 3.66. The Hall–Kier alpha value is -4.59. The highest BCUT2D eigenvalue weighted by Crippen LogP contribution is 2.48. The van der Waals surface area contributed by atoms with Crippen LogP contribution in [0.15, 0.2) is 133 Å². The summed E-state index contributed by atoms with van der Waals surface area (Å²) in [6.07, 6.45) is 0.431. The molecule has 6 rings (SSSR count). The molecular formula is C43H47N3O3S. The second-order valence-corrected chi connectivity index (χ2v) is 15.1. The van der Waals surface area contributed by atoms with Crippen LogP contribution < -0.4 is 5.32 Å². The van der Waals surface area contributed by atoms with E-state index in [4.69, 9.17) is 4.74 Å². The molecule has 0 aromatic heterocycles. The number of thioether (sulfide) groups is 1. The van der Waals surface area contributed by atoms with Gasteiger partial charge in [0.1, 0.15) is 5.60 Å². The number of carbonyl (C=O) groups excluding carboxylic acids is 2. The predicted molar refractivity (Wildman–Crippen MR) is 206 cm³/mol. The van der Waals surface area contributed by atoms with Gasteiger partial charge in [0.05, 0.1) is 10.8 Å². The standard InChI is InChI=1S/C43H47N3O3S/c1-42(2,3)49-41(48)44-37(31-45-27-16-28-46(30-29-45)40(47)39-26-15-18-33-17-13-14-25-38(33)39)32-50-43(34-19-7-4-8-20-34,35-21-9-5-10-22-35)36-23-11-6-12-24-36/h4-15,17-26,37H,16,27-32H2,1-3H3,(H,44,48)/t37-/m1/s1. The molecule has 0 spiro atoms. The molecule has 258 valence electrons. The van der Waals surface area contributed by atoms with E-state index in [0.29, 0.717) is 25.4 Å². The fourth-order valence-electron chi connectivity index (χ4n) is 6.86. The molecule has 7 heteroatoms. The van der Waals surface area contributed by atoms with Crippen LogP contribution in [0.25, 0.3) is 10.8 Å². The summed E-state index contributed by atoms with van der Waals surface area (Å²) in [4.78, 5) is 31.5. The van der Waals surface area contributed by atoms with Gasteiger partial charge in [-0.1, -0.05) is 127 Å². The maximum atomic E-state index is 13.8. The van der Waals surface area contributed by atoms with Crippen molar-refractivity contribution >= 4 is 34.5 Å². The number of ether oxygens (including phenoxy) is 1. The number of amides is 2. The fourth-order valence-corrected chi connectivity index (χ4v) is 8.41. The first-order valence-corrected chi connectivity index (χ1v) is 18.5. The molecule has 0 radical (unpaired) electrons. The second kappa shape index (κ2) is 16.0. The number of hydrogen-bond donors (Lipinski definition) is 1. The number of fused-ring (bicyclic) bond motifs is 1. The highest BCUT2D eigenvalue weighted by atomic mass is 32.2. The Kier molecular flexibility index (Phi) is 11.3. The zero-order valence-corrected chi connectivity index (χ0v) is 30.1. The molecule has 1 saturated heterocycles. The molecule has 1 atom stereocenters. The van der Waals surface area contributed by atoms with Gasteiger partial charge in [0.2, 0.25) is 0 Å². The molecular weight excluding hydrogens is 639 g/mol. The minimum absolute atomic E-state index is 0.0704. The number of hydrogen-bond acceptors (Lipinski definition) is 5. The topological polar surface area (TPSA) is 61.9 Å². The van der Waals surface area contributed by atoms with Gasteiger partial charge >= 0.3 is 6.09 Å². The van der Waals surface area contributed by atoms with Crippen molar-refractivity contribution in [1.29, 1.82) is 0 Å². The van der Waals surface area contributed by atoms with Crippen molar-refractivity contribution in [3.8, 4) is 0 Å². The SMILES string of the molecule is CC(C)(C)OC(=O)N[C@@H](CSC(c1ccccc1)(c1ccccc1)c1ccccc1)CN1CCCN(C(=O)c2cccc3ccccc23)CC1. The highest BCUT2D eigenvalue weighted by Gasteiger charge is 2.38. The maximum absolute atomic E-state index is 13.8. The zero-order valence-electron chi connectivity index (χ0n) is 29.3. The summed E-state index contributed by atoms with van der Waals surface area (Å²) in [5.74, 6) is 0.702. The zero-order chi connectivity index (χ0) is 35.0. The first-order chi connectivity index (χ1) is 24.2. The molecule has 0 saturated carbocycles. The van der Waals surface area contributed by atoms with Crippen LogP contribution >= 0.6 is 11.8 Å². The number of carbonyl (C=O) groups is 2. The first-order valence-electron chi connectivity index (χ1n) is 17.5. The van der Waals surface area contributed by atoms with Crippen molar-refractivity contribution in [1.82, 2.24) is 15.1 Å². The molecule has 50 heavy (non-hydrogen) atoms. The van der Waals surface area contributed by atoms with Crippen molar-refractivity contribution in [3.63, 3.8) is 0 Å². The molecule has 1 aliphatic heterocycles. The van der Waals surface area contributed by atoms with Crippen LogP contribution in [-0.4, -0.2) is 71.9 Å². The summed E-state index contributed by atoms with van der Waals surface area (Å²) in [6.45, 7) is 9.16. The molecule has 0 unspecified atom stereocenters. The normalized spacial score (nSPS) is 14.9. The fraction of sp³-hybridized carbons (Fsp3) is 0.302. The lowest BCUT2D eigenvalue weighted by molar-refractivity contribution is 0.0499. The number of alkyl carbamates (subject to hydrolysis) is 1. The molecule has 1 fully saturated rings. The summed E-state index contributed by atoms with van der Waals surface area (Å²) in [7, 11) is 0. The largest absolute Gasteiger partial charge is 0.444 e. The van der Waals surface area contributed by atoms with E-state index in [1.54, 1.807) is 0 Å². The lowest BCUT2D eigenvalue weighted by Gasteiger charge is -2.37. The van der Waals surface area contributed by atoms with Crippen molar-refractivity contribution < 1.29 is 14.3 Å². The van der Waals surface area contributed by atoms with E-state index in [9.17, 15) is 9.59 Å². The molecule has 0 aliphatic carbocycles. The van der Waals surface area contributed by atoms with Crippen LogP contribution in [0.3, 0.4) is 0 Å². The highest BCUT2D eigenvalue weighted by molar-refractivity contribution is 8.00. The Morgan fingerprint density at radius 2 is 1.26 bits per heavy atom. The second-order valence-electron chi connectivity index (χ2n) is 13.9. The molecule has 2 amide bonds. The van der Waals surface area contributed by atoms with E-state index in [-0.39, 0.29) is 11.9 Å². The predicted octanol–water partition coefficient (Wildman–Crippen LogP) is 8.61. The molecule has 5 aromatic rings. The van der Waals surface area contributed by atoms with Crippen LogP contribution in [0, 0.1) is 0 Å². The lowest BCUT2D eigenvalue weighted by Crippen LogP contribution is -2.48. The summed E-state index contributed by atoms with van der Waals surface area (Å²) < 4.78 is 5.25. The average Bonchev–Trinajstić information content (AvgIpc) is 3.37. The minimum atomic E-state index is -0.616. The Morgan fingerprint density at radius 1 is 0.700 bits per heavy atom. The molecule has 5 aromatic carbocycles. The van der Waals surface area contributed by atoms with Crippen LogP contribution in [0.2, 0.25) is 0 Å². The number of rotatable bonds is 10. The maximum Gasteiger partial charge on any atom is 0.407 e. The van der Waals surface area contributed by atoms with Gasteiger partial charge < -0.3 is 15.0 Å². The van der Waals surface area contributed by atoms with Crippen LogP contribution in [0.5, 0.6) is 0 Å². The van der Waals surface area contributed by atoms with Gasteiger partial charge in [0, 0.05) is 37.5 Å². The van der Waals surface area contributed by atoms with Crippen LogP contribution in [0.4, 0.5) is 4.79 Å². The van der Waals surface area contributed by atoms with Crippen molar-refractivity contribution in [3.05, 3.63) is 156 Å². The van der Waals surface area contributed by atoms with Crippen LogP contribution in [-0.2, 0) is 9.48 Å². The van der Waals surface area contributed by atoms with E-state index in [1.807, 2.05) is 79.9 Å². The Labute approximate surface area is 300 Å². The molecule has 0 bridgehead atoms. The van der Waals surface area contributed by atoms with Gasteiger partial charge in [0.15, 0.2) is 0 Å². The summed E-state index contributed by atoms with van der Waals surface area (Å²) in [5, 5.41) is 5.30. The van der Waals surface area contributed by atoms with E-state index in [2.05, 4.69) is 101 Å². The summed E-state index contributed by atoms with van der Waals surface area (Å²) >= 11 is 1.83. The first kappa shape index (κ1) is 35.2. The Morgan fingerprint density at radius 3 is 1.86 bits per heavy atom. The number of nitrogens with one attached hydrogen (secondary N) is 1. The van der Waals surface area contributed by atoms with E-state index < -0.39 is 16.4 Å². The lowest BCUT2D eigenvalue weighted by atomic mass is 9.84. The van der Waals surface area contributed by atoms with Crippen LogP contribution in [0.1, 0.15) is 54.2 Å². The van der Waals surface area contributed by atoms with Gasteiger partial charge in [-0.2, -0.15) is 0 Å². The third kappa shape index (κ3) is 8.40. The number of nitrogens with zero attached hydrogens (tertiary/aromatic N) is 2. The Balaban J connectivity index is 1.25. The molecule has 1 N–H and O–H groups in total. The quantitative estimate of drug-likeness (QED) is 0.149. The van der Waals surface area contributed by atoms with Gasteiger partial charge in [-0.3, -0.25) is 9.69 Å². The monoisotopic (exact) mass is 685 g/mol. The van der Waals surface area contributed by atoms with Crippen molar-refractivity contribution in [2.24, 2.45) is 0 Å². The third-order valence-corrected chi connectivity index (χ3v) is 10.8. The van der Waals surface area contributed by atoms with E-state index in [0.717, 1.165) is 35.8 Å². The van der Waals surface area contributed by atoms with Gasteiger partial charge in [0.25, 0.3) is 5.91 Å². The summed E-state index contributed by atoms with van der Waals surface area (Å²) in [6, 6.07) is 45.7. The molecule has 1 aliphatic rings. The average molecular weight is 686 g/mol. The van der Waals surface area contributed by atoms with Crippen molar-refractivity contribution in [2.75, 3.05) is 38.5 Å². The number of benzene rings is 5. The smallest absolute Gasteiger partial charge is 0.407 e. The van der Waals surface area contributed by atoms with E-state index >= 15 is 0 Å². The van der Waals surface area contributed by atoms with E-state index in [1.165, 1.54) is 16.7 Å². The Bertz CT molecular complexity index is 1760. The molecule has 1 heterocycles. The van der Waals surface area contributed by atoms with Gasteiger partial charge in [-0.25, -0.2) is 4.79 Å². The van der Waals surface area contributed by atoms with Gasteiger partial charge in [-0.15, -0.1) is 11.8 Å². The molecule has 6 nitrogen and oxygen atoms in total. The van der Waals surface area contributed by atoms with Crippen molar-refractivity contribution in [2.45, 2.75) is 43.6 Å².